The van der Waals surface area contributed by atoms with Gasteiger partial charge in [0.2, 0.25) is 0 Å². The number of aryl methyl sites for hydroxylation is 1. The molecule has 8 heteroatoms. The monoisotopic (exact) mass is 345 g/mol. The number of halogens is 4. The molecule has 1 N–H and O–H groups in total. The van der Waals surface area contributed by atoms with Crippen molar-refractivity contribution in [2.75, 3.05) is 0 Å². The smallest absolute Gasteiger partial charge is 0.433 e. The molecule has 0 spiro atoms. The molecule has 0 aliphatic heterocycles. The third kappa shape index (κ3) is 2.49. The van der Waals surface area contributed by atoms with Gasteiger partial charge < -0.3 is 5.11 Å². The first-order valence-corrected chi connectivity index (χ1v) is 6.07. The molecule has 0 saturated heterocycles. The Labute approximate surface area is 120 Å². The van der Waals surface area contributed by atoms with E-state index in [1.165, 1.54) is 12.1 Å². The molecular weight excluding hydrogens is 339 g/mol. The van der Waals surface area contributed by atoms with Gasteiger partial charge in [0.1, 0.15) is 11.4 Å². The summed E-state index contributed by atoms with van der Waals surface area (Å²) in [4.78, 5) is 0. The number of rotatable bonds is 1. The lowest BCUT2D eigenvalue weighted by Gasteiger charge is -2.04. The summed E-state index contributed by atoms with van der Waals surface area (Å²) >= 11 is 3.04. The molecule has 4 nitrogen and oxygen atoms in total. The molecule has 2 rings (SSSR count). The molecule has 1 aromatic carbocycles. The summed E-state index contributed by atoms with van der Waals surface area (Å²) in [5.41, 5.74) is -0.744. The Morgan fingerprint density at radius 3 is 2.50 bits per heavy atom. The molecule has 2 aromatic rings. The second kappa shape index (κ2) is 4.83. The van der Waals surface area contributed by atoms with Crippen LogP contribution >= 0.6 is 15.9 Å². The third-order valence-electron chi connectivity index (χ3n) is 2.64. The molecule has 0 bridgehead atoms. The number of aromatic nitrogens is 2. The molecule has 0 aliphatic carbocycles. The zero-order valence-corrected chi connectivity index (χ0v) is 11.6. The summed E-state index contributed by atoms with van der Waals surface area (Å²) in [6.07, 6.45) is -4.54. The topological polar surface area (TPSA) is 61.8 Å². The molecule has 1 aromatic heterocycles. The Balaban J connectivity index is 2.64. The number of hydrogen-bond acceptors (Lipinski definition) is 3. The molecule has 20 heavy (non-hydrogen) atoms. The van der Waals surface area contributed by atoms with E-state index in [2.05, 4.69) is 21.0 Å². The summed E-state index contributed by atoms with van der Waals surface area (Å²) in [5.74, 6) is -0.268. The van der Waals surface area contributed by atoms with Crippen molar-refractivity contribution in [2.45, 2.75) is 6.18 Å². The first kappa shape index (κ1) is 14.4. The number of phenolic OH excluding ortho intramolecular Hbond substituents is 1. The van der Waals surface area contributed by atoms with Gasteiger partial charge in [0.25, 0.3) is 0 Å². The Kier molecular flexibility index (Phi) is 3.48. The summed E-state index contributed by atoms with van der Waals surface area (Å²) in [5, 5.41) is 22.5. The van der Waals surface area contributed by atoms with Crippen molar-refractivity contribution in [3.05, 3.63) is 33.9 Å². The van der Waals surface area contributed by atoms with Crippen LogP contribution in [0.4, 0.5) is 13.2 Å². The average molecular weight is 346 g/mol. The average Bonchev–Trinajstić information content (AvgIpc) is 2.74. The van der Waals surface area contributed by atoms with Gasteiger partial charge in [-0.3, -0.25) is 4.68 Å². The maximum atomic E-state index is 12.7. The largest absolute Gasteiger partial charge is 0.506 e. The lowest BCUT2D eigenvalue weighted by atomic mass is 10.1. The predicted molar refractivity (Wildman–Crippen MR) is 67.7 cm³/mol. The van der Waals surface area contributed by atoms with Gasteiger partial charge in [-0.2, -0.15) is 23.5 Å². The van der Waals surface area contributed by atoms with Gasteiger partial charge in [-0.15, -0.1) is 0 Å². The SMILES string of the molecule is Cn1nc(-c2cc(C#N)cc(Br)c2O)cc1C(F)(F)F. The second-order valence-electron chi connectivity index (χ2n) is 4.00. The first-order valence-electron chi connectivity index (χ1n) is 5.28. The Morgan fingerprint density at radius 1 is 1.35 bits per heavy atom. The van der Waals surface area contributed by atoms with Gasteiger partial charge in [0.15, 0.2) is 0 Å². The molecule has 0 amide bonds. The minimum atomic E-state index is -4.54. The van der Waals surface area contributed by atoms with Gasteiger partial charge in [-0.1, -0.05) is 0 Å². The highest BCUT2D eigenvalue weighted by atomic mass is 79.9. The standard InChI is InChI=1S/C12H7BrF3N3O/c1-19-10(12(14,15)16)4-9(18-19)7-2-6(5-17)3-8(13)11(7)20/h2-4,20H,1H3. The molecule has 0 fully saturated rings. The normalized spacial score (nSPS) is 11.4. The zero-order chi connectivity index (χ0) is 15.1. The molecule has 1 heterocycles. The van der Waals surface area contributed by atoms with Crippen LogP contribution < -0.4 is 0 Å². The van der Waals surface area contributed by atoms with Gasteiger partial charge in [0, 0.05) is 12.6 Å². The summed E-state index contributed by atoms with van der Waals surface area (Å²) in [6.45, 7) is 0. The van der Waals surface area contributed by atoms with E-state index < -0.39 is 11.9 Å². The van der Waals surface area contributed by atoms with E-state index in [0.717, 1.165) is 13.1 Å². The van der Waals surface area contributed by atoms with Crippen LogP contribution in [0.3, 0.4) is 0 Å². The summed E-state index contributed by atoms with van der Waals surface area (Å²) in [7, 11) is 1.16. The van der Waals surface area contributed by atoms with E-state index in [4.69, 9.17) is 5.26 Å². The molecule has 0 saturated carbocycles. The van der Waals surface area contributed by atoms with E-state index in [9.17, 15) is 18.3 Å². The Morgan fingerprint density at radius 2 is 2.00 bits per heavy atom. The van der Waals surface area contributed by atoms with Crippen molar-refractivity contribution in [3.63, 3.8) is 0 Å². The minimum Gasteiger partial charge on any atom is -0.506 e. The molecule has 0 unspecified atom stereocenters. The lowest BCUT2D eigenvalue weighted by Crippen LogP contribution is -2.11. The van der Waals surface area contributed by atoms with E-state index in [-0.39, 0.29) is 27.0 Å². The third-order valence-corrected chi connectivity index (χ3v) is 3.24. The minimum absolute atomic E-state index is 0.0574. The van der Waals surface area contributed by atoms with E-state index in [1.807, 2.05) is 6.07 Å². The molecule has 0 radical (unpaired) electrons. The molecule has 104 valence electrons. The van der Waals surface area contributed by atoms with Crippen LogP contribution in [-0.4, -0.2) is 14.9 Å². The maximum absolute atomic E-state index is 12.7. The fourth-order valence-electron chi connectivity index (χ4n) is 1.72. The van der Waals surface area contributed by atoms with Gasteiger partial charge in [0.05, 0.1) is 21.8 Å². The van der Waals surface area contributed by atoms with Gasteiger partial charge in [-0.05, 0) is 34.1 Å². The van der Waals surface area contributed by atoms with Crippen molar-refractivity contribution in [1.82, 2.24) is 9.78 Å². The molecular formula is C12H7BrF3N3O. The number of nitrogens with zero attached hydrogens (tertiary/aromatic N) is 3. The van der Waals surface area contributed by atoms with Crippen LogP contribution in [0.25, 0.3) is 11.3 Å². The predicted octanol–water partition coefficient (Wildman–Crippen LogP) is 3.45. The quantitative estimate of drug-likeness (QED) is 0.860. The number of hydrogen-bond donors (Lipinski definition) is 1. The van der Waals surface area contributed by atoms with Crippen LogP contribution in [0.5, 0.6) is 5.75 Å². The van der Waals surface area contributed by atoms with Gasteiger partial charge in [-0.25, -0.2) is 0 Å². The molecule has 0 aliphatic rings. The van der Waals surface area contributed by atoms with Crippen LogP contribution in [0, 0.1) is 11.3 Å². The van der Waals surface area contributed by atoms with Crippen molar-refractivity contribution in [3.8, 4) is 23.1 Å². The highest BCUT2D eigenvalue weighted by molar-refractivity contribution is 9.10. The number of alkyl halides is 3. The van der Waals surface area contributed by atoms with Crippen molar-refractivity contribution < 1.29 is 18.3 Å². The first-order chi connectivity index (χ1) is 9.24. The van der Waals surface area contributed by atoms with E-state index in [0.29, 0.717) is 4.68 Å². The summed E-state index contributed by atoms with van der Waals surface area (Å²) in [6, 6.07) is 5.33. The van der Waals surface area contributed by atoms with Crippen molar-refractivity contribution in [2.24, 2.45) is 7.05 Å². The lowest BCUT2D eigenvalue weighted by molar-refractivity contribution is -0.143. The zero-order valence-electron chi connectivity index (χ0n) is 10.0. The number of aromatic hydroxyl groups is 1. The Bertz CT molecular complexity index is 716. The van der Waals surface area contributed by atoms with Crippen LogP contribution in [0.15, 0.2) is 22.7 Å². The van der Waals surface area contributed by atoms with Gasteiger partial charge >= 0.3 is 6.18 Å². The highest BCUT2D eigenvalue weighted by Gasteiger charge is 2.35. The van der Waals surface area contributed by atoms with Crippen molar-refractivity contribution in [1.29, 1.82) is 5.26 Å². The fraction of sp³-hybridized carbons (Fsp3) is 0.167. The van der Waals surface area contributed by atoms with Crippen LogP contribution in [0.1, 0.15) is 11.3 Å². The van der Waals surface area contributed by atoms with E-state index in [1.54, 1.807) is 0 Å². The molecule has 0 atom stereocenters. The van der Waals surface area contributed by atoms with Crippen LogP contribution in [-0.2, 0) is 13.2 Å². The van der Waals surface area contributed by atoms with Crippen molar-refractivity contribution >= 4 is 15.9 Å². The second-order valence-corrected chi connectivity index (χ2v) is 4.86. The van der Waals surface area contributed by atoms with E-state index >= 15 is 0 Å². The summed E-state index contributed by atoms with van der Waals surface area (Å²) < 4.78 is 39.1. The number of phenols is 1. The number of nitriles is 1. The fourth-order valence-corrected chi connectivity index (χ4v) is 2.18. The van der Waals surface area contributed by atoms with Crippen LogP contribution in [0.2, 0.25) is 0 Å². The number of benzene rings is 1. The Hall–Kier alpha value is -2.01. The highest BCUT2D eigenvalue weighted by Crippen LogP contribution is 2.38. The maximum Gasteiger partial charge on any atom is 0.433 e.